The van der Waals surface area contributed by atoms with Crippen LogP contribution in [0.5, 0.6) is 5.75 Å². The summed E-state index contributed by atoms with van der Waals surface area (Å²) in [4.78, 5) is 13.6. The van der Waals surface area contributed by atoms with Gasteiger partial charge in [-0.25, -0.2) is 4.39 Å². The standard InChI is InChI=1S/C15H15FN2O2/c1-18(9-10-4-2-3-5-14(10)19)15(20)12-7-6-11(16)8-13(12)17/h2-8,19H,9,17H2,1H3. The Kier molecular flexibility index (Phi) is 3.89. The smallest absolute Gasteiger partial charge is 0.255 e. The molecule has 3 N–H and O–H groups in total. The molecule has 0 spiro atoms. The first-order valence-corrected chi connectivity index (χ1v) is 6.06. The second-order valence-corrected chi connectivity index (χ2v) is 4.52. The lowest BCUT2D eigenvalue weighted by atomic mass is 10.1. The fourth-order valence-corrected chi connectivity index (χ4v) is 1.91. The normalized spacial score (nSPS) is 10.3. The van der Waals surface area contributed by atoms with E-state index in [-0.39, 0.29) is 29.5 Å². The van der Waals surface area contributed by atoms with Crippen molar-refractivity contribution in [2.45, 2.75) is 6.54 Å². The van der Waals surface area contributed by atoms with Crippen molar-refractivity contribution in [1.82, 2.24) is 4.90 Å². The average Bonchev–Trinajstić information content (AvgIpc) is 2.40. The van der Waals surface area contributed by atoms with Crippen molar-refractivity contribution in [3.63, 3.8) is 0 Å². The maximum atomic E-state index is 13.0. The number of rotatable bonds is 3. The number of nitrogens with zero attached hydrogens (tertiary/aromatic N) is 1. The summed E-state index contributed by atoms with van der Waals surface area (Å²) in [6.45, 7) is 0.238. The van der Waals surface area contributed by atoms with E-state index in [1.807, 2.05) is 0 Å². The van der Waals surface area contributed by atoms with Crippen LogP contribution in [0.1, 0.15) is 15.9 Å². The Bertz CT molecular complexity index is 644. The molecule has 0 atom stereocenters. The van der Waals surface area contributed by atoms with Gasteiger partial charge < -0.3 is 15.7 Å². The number of para-hydroxylation sites is 1. The van der Waals surface area contributed by atoms with E-state index in [2.05, 4.69) is 0 Å². The van der Waals surface area contributed by atoms with Gasteiger partial charge in [0.2, 0.25) is 0 Å². The fourth-order valence-electron chi connectivity index (χ4n) is 1.91. The van der Waals surface area contributed by atoms with Gasteiger partial charge in [0.25, 0.3) is 5.91 Å². The molecule has 0 heterocycles. The van der Waals surface area contributed by atoms with Crippen LogP contribution < -0.4 is 5.73 Å². The van der Waals surface area contributed by atoms with Crippen molar-refractivity contribution >= 4 is 11.6 Å². The number of anilines is 1. The molecule has 4 nitrogen and oxygen atoms in total. The van der Waals surface area contributed by atoms with E-state index in [1.165, 1.54) is 17.0 Å². The zero-order valence-corrected chi connectivity index (χ0v) is 11.0. The van der Waals surface area contributed by atoms with Crippen LogP contribution in [0.4, 0.5) is 10.1 Å². The maximum Gasteiger partial charge on any atom is 0.255 e. The minimum absolute atomic E-state index is 0.0964. The van der Waals surface area contributed by atoms with Crippen LogP contribution in [-0.2, 0) is 6.54 Å². The Morgan fingerprint density at radius 2 is 2.00 bits per heavy atom. The molecule has 0 bridgehead atoms. The summed E-state index contributed by atoms with van der Waals surface area (Å²) in [5, 5.41) is 9.69. The Morgan fingerprint density at radius 3 is 2.65 bits per heavy atom. The summed E-state index contributed by atoms with van der Waals surface area (Å²) in [7, 11) is 1.59. The number of halogens is 1. The van der Waals surface area contributed by atoms with Crippen LogP contribution >= 0.6 is 0 Å². The third kappa shape index (κ3) is 2.88. The molecule has 2 aromatic rings. The number of carbonyl (C=O) groups is 1. The molecule has 0 saturated carbocycles. The quantitative estimate of drug-likeness (QED) is 0.844. The second-order valence-electron chi connectivity index (χ2n) is 4.52. The molecule has 1 amide bonds. The van der Waals surface area contributed by atoms with Crippen molar-refractivity contribution in [2.24, 2.45) is 0 Å². The zero-order valence-electron chi connectivity index (χ0n) is 11.0. The van der Waals surface area contributed by atoms with Gasteiger partial charge >= 0.3 is 0 Å². The highest BCUT2D eigenvalue weighted by atomic mass is 19.1. The highest BCUT2D eigenvalue weighted by Gasteiger charge is 2.16. The number of hydrogen-bond acceptors (Lipinski definition) is 3. The summed E-state index contributed by atoms with van der Waals surface area (Å²) >= 11 is 0. The van der Waals surface area contributed by atoms with Gasteiger partial charge in [-0.2, -0.15) is 0 Å². The molecule has 5 heteroatoms. The van der Waals surface area contributed by atoms with Crippen molar-refractivity contribution < 1.29 is 14.3 Å². The van der Waals surface area contributed by atoms with E-state index in [4.69, 9.17) is 5.73 Å². The lowest BCUT2D eigenvalue weighted by molar-refractivity contribution is 0.0785. The van der Waals surface area contributed by atoms with Crippen LogP contribution in [0.3, 0.4) is 0 Å². The molecule has 0 saturated heterocycles. The molecule has 20 heavy (non-hydrogen) atoms. The first-order chi connectivity index (χ1) is 9.49. The van der Waals surface area contributed by atoms with Crippen LogP contribution in [0.25, 0.3) is 0 Å². The average molecular weight is 274 g/mol. The van der Waals surface area contributed by atoms with Crippen molar-refractivity contribution in [1.29, 1.82) is 0 Å². The predicted octanol–water partition coefficient (Wildman–Crippen LogP) is 2.39. The highest BCUT2D eigenvalue weighted by molar-refractivity contribution is 5.98. The third-order valence-electron chi connectivity index (χ3n) is 2.99. The molecule has 0 aliphatic carbocycles. The number of nitrogens with two attached hydrogens (primary N) is 1. The molecule has 0 aromatic heterocycles. The SMILES string of the molecule is CN(Cc1ccccc1O)C(=O)c1ccc(F)cc1N. The van der Waals surface area contributed by atoms with E-state index in [0.717, 1.165) is 6.07 Å². The maximum absolute atomic E-state index is 13.0. The van der Waals surface area contributed by atoms with E-state index >= 15 is 0 Å². The summed E-state index contributed by atoms with van der Waals surface area (Å²) in [6.07, 6.45) is 0. The molecule has 0 unspecified atom stereocenters. The minimum atomic E-state index is -0.484. The Balaban J connectivity index is 2.19. The molecule has 2 rings (SSSR count). The van der Waals surface area contributed by atoms with Gasteiger partial charge in [-0.15, -0.1) is 0 Å². The van der Waals surface area contributed by atoms with Gasteiger partial charge in [-0.3, -0.25) is 4.79 Å². The molecule has 104 valence electrons. The molecular formula is C15H15FN2O2. The first kappa shape index (κ1) is 13.9. The van der Waals surface area contributed by atoms with Gasteiger partial charge in [-0.1, -0.05) is 18.2 Å². The minimum Gasteiger partial charge on any atom is -0.508 e. The number of nitrogen functional groups attached to an aromatic ring is 1. The molecule has 0 aliphatic heterocycles. The zero-order chi connectivity index (χ0) is 14.7. The van der Waals surface area contributed by atoms with Crippen molar-refractivity contribution in [3.8, 4) is 5.75 Å². The van der Waals surface area contributed by atoms with Gasteiger partial charge in [0.05, 0.1) is 5.56 Å². The number of benzene rings is 2. The third-order valence-corrected chi connectivity index (χ3v) is 2.99. The summed E-state index contributed by atoms with van der Waals surface area (Å²) in [5.74, 6) is -0.688. The fraction of sp³-hybridized carbons (Fsp3) is 0.133. The number of carbonyl (C=O) groups excluding carboxylic acids is 1. The largest absolute Gasteiger partial charge is 0.508 e. The predicted molar refractivity (Wildman–Crippen MR) is 74.7 cm³/mol. The number of phenolic OH excluding ortho intramolecular Hbond substituents is 1. The molecule has 0 aliphatic rings. The Hall–Kier alpha value is -2.56. The highest BCUT2D eigenvalue weighted by Crippen LogP contribution is 2.20. The monoisotopic (exact) mass is 274 g/mol. The molecule has 0 radical (unpaired) electrons. The second kappa shape index (κ2) is 5.61. The van der Waals surface area contributed by atoms with E-state index in [0.29, 0.717) is 5.56 Å². The van der Waals surface area contributed by atoms with Gasteiger partial charge in [0, 0.05) is 24.8 Å². The van der Waals surface area contributed by atoms with Gasteiger partial charge in [-0.05, 0) is 24.3 Å². The van der Waals surface area contributed by atoms with E-state index in [1.54, 1.807) is 31.3 Å². The Morgan fingerprint density at radius 1 is 1.30 bits per heavy atom. The van der Waals surface area contributed by atoms with Crippen molar-refractivity contribution in [3.05, 3.63) is 59.4 Å². The number of phenols is 1. The first-order valence-electron chi connectivity index (χ1n) is 6.06. The summed E-state index contributed by atoms with van der Waals surface area (Å²) < 4.78 is 13.0. The lowest BCUT2D eigenvalue weighted by Crippen LogP contribution is -2.27. The van der Waals surface area contributed by atoms with Crippen LogP contribution in [0.2, 0.25) is 0 Å². The topological polar surface area (TPSA) is 66.6 Å². The number of aromatic hydroxyl groups is 1. The van der Waals surface area contributed by atoms with Gasteiger partial charge in [0.1, 0.15) is 11.6 Å². The van der Waals surface area contributed by atoms with Crippen LogP contribution in [0, 0.1) is 5.82 Å². The molecular weight excluding hydrogens is 259 g/mol. The van der Waals surface area contributed by atoms with Crippen molar-refractivity contribution in [2.75, 3.05) is 12.8 Å². The summed E-state index contributed by atoms with van der Waals surface area (Å²) in [5.41, 5.74) is 6.61. The van der Waals surface area contributed by atoms with E-state index in [9.17, 15) is 14.3 Å². The molecule has 0 fully saturated rings. The number of hydrogen-bond donors (Lipinski definition) is 2. The van der Waals surface area contributed by atoms with Crippen LogP contribution in [-0.4, -0.2) is 23.0 Å². The Labute approximate surface area is 116 Å². The number of amides is 1. The summed E-state index contributed by atoms with van der Waals surface area (Å²) in [6, 6.07) is 10.4. The van der Waals surface area contributed by atoms with E-state index < -0.39 is 5.82 Å². The molecule has 2 aromatic carbocycles. The van der Waals surface area contributed by atoms with Gasteiger partial charge in [0.15, 0.2) is 0 Å². The van der Waals surface area contributed by atoms with Crippen LogP contribution in [0.15, 0.2) is 42.5 Å². The lowest BCUT2D eigenvalue weighted by Gasteiger charge is -2.19.